The van der Waals surface area contributed by atoms with Gasteiger partial charge in [0.25, 0.3) is 0 Å². The molecule has 0 fully saturated rings. The van der Waals surface area contributed by atoms with Crippen LogP contribution in [0, 0.1) is 6.92 Å². The lowest BCUT2D eigenvalue weighted by molar-refractivity contribution is 0.381. The summed E-state index contributed by atoms with van der Waals surface area (Å²) in [6.45, 7) is 1.95. The van der Waals surface area contributed by atoms with Crippen molar-refractivity contribution in [3.05, 3.63) is 53.2 Å². The van der Waals surface area contributed by atoms with Gasteiger partial charge in [0.1, 0.15) is 11.5 Å². The maximum absolute atomic E-state index is 6.36. The van der Waals surface area contributed by atoms with Crippen molar-refractivity contribution in [3.8, 4) is 0 Å². The van der Waals surface area contributed by atoms with Crippen LogP contribution >= 0.6 is 0 Å². The molecule has 0 aliphatic heterocycles. The summed E-state index contributed by atoms with van der Waals surface area (Å²) in [4.78, 5) is 4.53. The van der Waals surface area contributed by atoms with Gasteiger partial charge in [-0.05, 0) is 49.9 Å². The molecule has 0 spiro atoms. The number of pyridine rings is 1. The highest BCUT2D eigenvalue weighted by atomic mass is 16.3. The number of nitrogens with two attached hydrogens (primary N) is 1. The van der Waals surface area contributed by atoms with Crippen molar-refractivity contribution in [2.75, 3.05) is 0 Å². The first-order valence-electron chi connectivity index (χ1n) is 6.51. The molecule has 2 unspecified atom stereocenters. The lowest BCUT2D eigenvalue weighted by Gasteiger charge is -2.27. The van der Waals surface area contributed by atoms with Gasteiger partial charge in [0.2, 0.25) is 0 Å². The first-order valence-corrected chi connectivity index (χ1v) is 6.51. The largest absolute Gasteiger partial charge is 0.465 e. The number of aromatic nitrogens is 1. The molecule has 1 aliphatic carbocycles. The maximum atomic E-state index is 6.36. The second-order valence-electron chi connectivity index (χ2n) is 5.02. The highest BCUT2D eigenvalue weighted by molar-refractivity contribution is 5.29. The fraction of sp³-hybridized carbons (Fsp3) is 0.400. The van der Waals surface area contributed by atoms with E-state index in [9.17, 15) is 0 Å². The zero-order chi connectivity index (χ0) is 12.5. The molecule has 3 heteroatoms. The number of hydrogen-bond donors (Lipinski definition) is 1. The second-order valence-corrected chi connectivity index (χ2v) is 5.02. The predicted octanol–water partition coefficient (Wildman–Crippen LogP) is 3.10. The van der Waals surface area contributed by atoms with Gasteiger partial charge in [0, 0.05) is 17.8 Å². The maximum Gasteiger partial charge on any atom is 0.121 e. The molecule has 3 rings (SSSR count). The van der Waals surface area contributed by atoms with E-state index in [1.54, 1.807) is 0 Å². The molecular weight excluding hydrogens is 224 g/mol. The summed E-state index contributed by atoms with van der Waals surface area (Å²) in [6, 6.07) is 8.03. The average molecular weight is 242 g/mol. The van der Waals surface area contributed by atoms with E-state index < -0.39 is 0 Å². The van der Waals surface area contributed by atoms with Crippen LogP contribution in [0.15, 0.2) is 34.9 Å². The summed E-state index contributed by atoms with van der Waals surface area (Å²) in [5, 5.41) is 0. The van der Waals surface area contributed by atoms with E-state index in [0.717, 1.165) is 30.1 Å². The number of rotatable bonds is 2. The van der Waals surface area contributed by atoms with Crippen LogP contribution in [0.3, 0.4) is 0 Å². The number of furan rings is 1. The van der Waals surface area contributed by atoms with Gasteiger partial charge in [-0.2, -0.15) is 0 Å². The molecule has 0 aromatic carbocycles. The molecule has 2 atom stereocenters. The summed E-state index contributed by atoms with van der Waals surface area (Å²) in [5.74, 6) is 2.06. The minimum atomic E-state index is -0.0901. The normalized spacial score (nSPS) is 20.4. The molecule has 2 N–H and O–H groups in total. The smallest absolute Gasteiger partial charge is 0.121 e. The van der Waals surface area contributed by atoms with Crippen LogP contribution in [0.5, 0.6) is 0 Å². The molecular formula is C15H18N2O. The van der Waals surface area contributed by atoms with Crippen LogP contribution in [0.25, 0.3) is 0 Å². The van der Waals surface area contributed by atoms with Crippen LogP contribution in [-0.2, 0) is 6.42 Å². The lowest BCUT2D eigenvalue weighted by atomic mass is 9.81. The first kappa shape index (κ1) is 11.5. The van der Waals surface area contributed by atoms with Crippen molar-refractivity contribution in [3.63, 3.8) is 0 Å². The topological polar surface area (TPSA) is 52.0 Å². The number of aryl methyl sites for hydroxylation is 2. The molecule has 2 aromatic heterocycles. The van der Waals surface area contributed by atoms with Gasteiger partial charge < -0.3 is 10.2 Å². The Morgan fingerprint density at radius 1 is 1.39 bits per heavy atom. The van der Waals surface area contributed by atoms with Gasteiger partial charge in [0.05, 0.1) is 6.04 Å². The van der Waals surface area contributed by atoms with Crippen molar-refractivity contribution in [2.45, 2.75) is 38.1 Å². The Balaban J connectivity index is 1.94. The van der Waals surface area contributed by atoms with Gasteiger partial charge >= 0.3 is 0 Å². The molecule has 0 bridgehead atoms. The van der Waals surface area contributed by atoms with E-state index in [-0.39, 0.29) is 12.0 Å². The molecule has 2 aromatic rings. The van der Waals surface area contributed by atoms with E-state index in [4.69, 9.17) is 10.2 Å². The Labute approximate surface area is 107 Å². The van der Waals surface area contributed by atoms with Gasteiger partial charge in [-0.15, -0.1) is 0 Å². The molecule has 0 radical (unpaired) electrons. The summed E-state index contributed by atoms with van der Waals surface area (Å²) in [5.41, 5.74) is 8.86. The molecule has 0 amide bonds. The third-order valence-corrected chi connectivity index (χ3v) is 3.76. The SMILES string of the molecule is Cc1ccc(C(N)C2CCCc3cccnc32)o1. The van der Waals surface area contributed by atoms with Crippen LogP contribution in [0.1, 0.15) is 47.6 Å². The van der Waals surface area contributed by atoms with Crippen LogP contribution in [-0.4, -0.2) is 4.98 Å². The van der Waals surface area contributed by atoms with E-state index in [0.29, 0.717) is 0 Å². The van der Waals surface area contributed by atoms with Gasteiger partial charge in [-0.25, -0.2) is 0 Å². The predicted molar refractivity (Wildman–Crippen MR) is 70.3 cm³/mol. The highest BCUT2D eigenvalue weighted by Crippen LogP contribution is 2.38. The van der Waals surface area contributed by atoms with Gasteiger partial charge in [-0.1, -0.05) is 6.07 Å². The molecule has 0 saturated carbocycles. The van der Waals surface area contributed by atoms with Crippen LogP contribution < -0.4 is 5.73 Å². The fourth-order valence-electron chi connectivity index (χ4n) is 2.83. The zero-order valence-corrected chi connectivity index (χ0v) is 10.6. The molecule has 1 aliphatic rings. The Kier molecular flexibility index (Phi) is 2.92. The fourth-order valence-corrected chi connectivity index (χ4v) is 2.83. The van der Waals surface area contributed by atoms with Crippen molar-refractivity contribution in [1.29, 1.82) is 0 Å². The Morgan fingerprint density at radius 2 is 2.28 bits per heavy atom. The van der Waals surface area contributed by atoms with E-state index in [1.807, 2.05) is 31.3 Å². The molecule has 2 heterocycles. The minimum Gasteiger partial charge on any atom is -0.465 e. The van der Waals surface area contributed by atoms with Crippen molar-refractivity contribution in [2.24, 2.45) is 5.73 Å². The minimum absolute atomic E-state index is 0.0901. The Morgan fingerprint density at radius 3 is 3.06 bits per heavy atom. The van der Waals surface area contributed by atoms with Gasteiger partial charge in [-0.3, -0.25) is 4.98 Å². The summed E-state index contributed by atoms with van der Waals surface area (Å²) >= 11 is 0. The van der Waals surface area contributed by atoms with E-state index in [1.165, 1.54) is 12.0 Å². The molecule has 94 valence electrons. The highest BCUT2D eigenvalue weighted by Gasteiger charge is 2.29. The first-order chi connectivity index (χ1) is 8.75. The van der Waals surface area contributed by atoms with E-state index in [2.05, 4.69) is 11.1 Å². The van der Waals surface area contributed by atoms with Crippen molar-refractivity contribution in [1.82, 2.24) is 4.98 Å². The van der Waals surface area contributed by atoms with Crippen LogP contribution in [0.2, 0.25) is 0 Å². The third-order valence-electron chi connectivity index (χ3n) is 3.76. The Hall–Kier alpha value is -1.61. The summed E-state index contributed by atoms with van der Waals surface area (Å²) < 4.78 is 5.66. The summed E-state index contributed by atoms with van der Waals surface area (Å²) in [6.07, 6.45) is 5.24. The summed E-state index contributed by atoms with van der Waals surface area (Å²) in [7, 11) is 0. The monoisotopic (exact) mass is 242 g/mol. The zero-order valence-electron chi connectivity index (χ0n) is 10.6. The van der Waals surface area contributed by atoms with Crippen molar-refractivity contribution < 1.29 is 4.42 Å². The Bertz CT molecular complexity index is 547. The third kappa shape index (κ3) is 1.95. The quantitative estimate of drug-likeness (QED) is 0.880. The van der Waals surface area contributed by atoms with Crippen LogP contribution in [0.4, 0.5) is 0 Å². The second kappa shape index (κ2) is 4.58. The van der Waals surface area contributed by atoms with Crippen molar-refractivity contribution >= 4 is 0 Å². The standard InChI is InChI=1S/C15H18N2O/c1-10-7-8-13(18-10)14(16)12-6-2-4-11-5-3-9-17-15(11)12/h3,5,7-9,12,14H,2,4,6,16H2,1H3. The van der Waals surface area contributed by atoms with E-state index >= 15 is 0 Å². The molecule has 18 heavy (non-hydrogen) atoms. The molecule has 3 nitrogen and oxygen atoms in total. The number of nitrogens with zero attached hydrogens (tertiary/aromatic N) is 1. The average Bonchev–Trinajstić information content (AvgIpc) is 2.84. The molecule has 0 saturated heterocycles. The lowest BCUT2D eigenvalue weighted by Crippen LogP contribution is -2.24. The number of hydrogen-bond acceptors (Lipinski definition) is 3. The van der Waals surface area contributed by atoms with Gasteiger partial charge in [0.15, 0.2) is 0 Å². The number of fused-ring (bicyclic) bond motifs is 1.